The van der Waals surface area contributed by atoms with Crippen molar-refractivity contribution in [2.24, 2.45) is 5.41 Å². The molecule has 0 saturated carbocycles. The van der Waals surface area contributed by atoms with Gasteiger partial charge in [-0.05, 0) is 209 Å². The molecule has 0 saturated heterocycles. The third-order valence-electron chi connectivity index (χ3n) is 13.6. The molecule has 0 bridgehead atoms. The molecule has 1 aliphatic heterocycles. The third-order valence-corrected chi connectivity index (χ3v) is 13.6. The molecule has 1 heterocycles. The maximum absolute atomic E-state index is 4.56. The molecule has 4 aromatic rings. The molecule has 7 rings (SSSR count). The van der Waals surface area contributed by atoms with Gasteiger partial charge in [0.15, 0.2) is 0 Å². The van der Waals surface area contributed by atoms with Gasteiger partial charge in [-0.1, -0.05) is 172 Å². The topological polar surface area (TPSA) is 12.0 Å². The Bertz CT molecular complexity index is 3060. The zero-order valence-corrected chi connectivity index (χ0v) is 41.3. The Labute approximate surface area is 408 Å². The first-order valence-electron chi connectivity index (χ1n) is 23.9. The summed E-state index contributed by atoms with van der Waals surface area (Å²) in [6.07, 6.45) is 35.4. The van der Waals surface area contributed by atoms with E-state index >= 15 is 0 Å². The second-order valence-corrected chi connectivity index (χ2v) is 18.4. The molecule has 1 atom stereocenters. The van der Waals surface area contributed by atoms with Crippen LogP contribution >= 0.6 is 0 Å². The van der Waals surface area contributed by atoms with Gasteiger partial charge >= 0.3 is 0 Å². The lowest BCUT2D eigenvalue weighted by atomic mass is 9.70. The van der Waals surface area contributed by atoms with Gasteiger partial charge in [0.05, 0.1) is 0 Å². The largest absolute Gasteiger partial charge is 0.361 e. The van der Waals surface area contributed by atoms with Gasteiger partial charge in [-0.25, -0.2) is 0 Å². The van der Waals surface area contributed by atoms with E-state index in [9.17, 15) is 0 Å². The van der Waals surface area contributed by atoms with Crippen molar-refractivity contribution in [3.05, 3.63) is 287 Å². The third kappa shape index (κ3) is 10.9. The first kappa shape index (κ1) is 48.5. The van der Waals surface area contributed by atoms with Crippen molar-refractivity contribution < 1.29 is 0 Å². The first-order chi connectivity index (χ1) is 32.9. The Morgan fingerprint density at radius 1 is 0.618 bits per heavy atom. The highest BCUT2D eigenvalue weighted by Gasteiger charge is 2.30. The van der Waals surface area contributed by atoms with Crippen molar-refractivity contribution in [1.29, 1.82) is 0 Å². The van der Waals surface area contributed by atoms with Crippen molar-refractivity contribution in [1.82, 2.24) is 5.32 Å². The summed E-state index contributed by atoms with van der Waals surface area (Å²) in [6.45, 7) is 32.1. The molecule has 0 fully saturated rings. The first-order valence-corrected chi connectivity index (χ1v) is 23.9. The predicted molar refractivity (Wildman–Crippen MR) is 299 cm³/mol. The summed E-state index contributed by atoms with van der Waals surface area (Å²) < 4.78 is 0. The highest BCUT2D eigenvalue weighted by atomic mass is 14.8. The molecule has 1 nitrogen and oxygen atoms in total. The standard InChI is InChI=1S/C67H67N/c1-12-22-62(46(6)14-3)64-44-59(34-33-48(64)8)56-28-18-27-55(41-56)58-30-20-31-61(43-58)66-39-50(10)49(9)38-51(32-21-37-68-66)52-24-17-25-53(40-52)54-26-19-29-57(42-54)60-35-36-67(11,16-5)65(45-60)63(23-13-2)47(7)15-4/h12-32,35,37-45,68H,3-5,10,33-34,36H2,1-2,6-9,11H3/b22-12-,23-13-,37-21-,49-38+,51-32+,62-46-,63-47+,66-39-. The highest BCUT2D eigenvalue weighted by molar-refractivity contribution is 5.85. The molecule has 3 aliphatic rings. The van der Waals surface area contributed by atoms with Crippen LogP contribution in [0.4, 0.5) is 0 Å². The maximum Gasteiger partial charge on any atom is 0.0459 e. The molecule has 0 radical (unpaired) electrons. The monoisotopic (exact) mass is 886 g/mol. The number of nitrogens with one attached hydrogen (secondary N) is 1. The fraction of sp³-hybridized carbons (Fsp3) is 0.164. The van der Waals surface area contributed by atoms with E-state index in [-0.39, 0.29) is 5.41 Å². The summed E-state index contributed by atoms with van der Waals surface area (Å²) in [6, 6.07) is 35.5. The number of allylic oxidation sites excluding steroid dienone is 26. The molecule has 1 unspecified atom stereocenters. The van der Waals surface area contributed by atoms with Gasteiger partial charge < -0.3 is 5.32 Å². The van der Waals surface area contributed by atoms with E-state index in [1.165, 1.54) is 72.4 Å². The highest BCUT2D eigenvalue weighted by Crippen LogP contribution is 2.45. The average molecular weight is 886 g/mol. The van der Waals surface area contributed by atoms with Crippen molar-refractivity contribution in [2.75, 3.05) is 0 Å². The number of hydrogen-bond donors (Lipinski definition) is 1. The lowest BCUT2D eigenvalue weighted by Crippen LogP contribution is -2.20. The normalized spacial score (nSPS) is 21.4. The summed E-state index contributed by atoms with van der Waals surface area (Å²) in [5, 5.41) is 3.61. The molecule has 68 heavy (non-hydrogen) atoms. The minimum Gasteiger partial charge on any atom is -0.361 e. The summed E-state index contributed by atoms with van der Waals surface area (Å²) in [4.78, 5) is 0. The maximum atomic E-state index is 4.56. The van der Waals surface area contributed by atoms with Crippen LogP contribution in [0.15, 0.2) is 265 Å². The fourth-order valence-corrected chi connectivity index (χ4v) is 9.23. The van der Waals surface area contributed by atoms with E-state index in [0.717, 1.165) is 63.9 Å². The van der Waals surface area contributed by atoms with E-state index in [4.69, 9.17) is 0 Å². The fourth-order valence-electron chi connectivity index (χ4n) is 9.23. The van der Waals surface area contributed by atoms with Crippen LogP contribution in [0.3, 0.4) is 0 Å². The molecular formula is C67H67N. The lowest BCUT2D eigenvalue weighted by molar-refractivity contribution is 0.527. The smallest absolute Gasteiger partial charge is 0.0459 e. The van der Waals surface area contributed by atoms with Gasteiger partial charge in [0.1, 0.15) is 0 Å². The zero-order valence-electron chi connectivity index (χ0n) is 41.3. The molecular weight excluding hydrogens is 819 g/mol. The van der Waals surface area contributed by atoms with Crippen molar-refractivity contribution in [2.45, 2.75) is 67.7 Å². The van der Waals surface area contributed by atoms with Crippen LogP contribution < -0.4 is 5.32 Å². The van der Waals surface area contributed by atoms with Crippen LogP contribution in [0.5, 0.6) is 0 Å². The van der Waals surface area contributed by atoms with Crippen LogP contribution in [0, 0.1) is 5.41 Å². The quantitative estimate of drug-likeness (QED) is 0.104. The Balaban J connectivity index is 1.13. The number of rotatable bonds is 13. The van der Waals surface area contributed by atoms with E-state index in [2.05, 4.69) is 250 Å². The van der Waals surface area contributed by atoms with E-state index in [1.807, 2.05) is 18.4 Å². The van der Waals surface area contributed by atoms with E-state index in [1.54, 1.807) is 0 Å². The van der Waals surface area contributed by atoms with Crippen molar-refractivity contribution in [3.63, 3.8) is 0 Å². The van der Waals surface area contributed by atoms with Crippen LogP contribution in [0.25, 0.3) is 44.7 Å². The van der Waals surface area contributed by atoms with E-state index < -0.39 is 0 Å². The molecule has 0 spiro atoms. The molecule has 340 valence electrons. The number of hydrogen-bond acceptors (Lipinski definition) is 1. The SMILES string of the molecule is C=C/C(C)=C(/C=C\C)C1=C(C)CCC(c2cccc(-c3cccc(/C4=C/C(=C)/C(C)=C/C(c5cccc(-c6cccc(C7=CCC(C)(C=C)C(C(/C=C\C)=C(\C)C=C)=C7)c6)c5)=C\C=C/N4)c3)c2)=C1. The second-order valence-electron chi connectivity index (χ2n) is 18.4. The molecule has 0 aromatic heterocycles. The Hall–Kier alpha value is -7.48. The zero-order chi connectivity index (χ0) is 48.4. The van der Waals surface area contributed by atoms with Gasteiger partial charge in [0.25, 0.3) is 0 Å². The summed E-state index contributed by atoms with van der Waals surface area (Å²) in [7, 11) is 0. The Kier molecular flexibility index (Phi) is 15.6. The molecule has 2 aliphatic carbocycles. The van der Waals surface area contributed by atoms with Crippen LogP contribution in [0.2, 0.25) is 0 Å². The Morgan fingerprint density at radius 2 is 1.15 bits per heavy atom. The van der Waals surface area contributed by atoms with Crippen LogP contribution in [-0.4, -0.2) is 0 Å². The minimum atomic E-state index is -0.176. The summed E-state index contributed by atoms with van der Waals surface area (Å²) >= 11 is 0. The van der Waals surface area contributed by atoms with Gasteiger partial charge in [-0.2, -0.15) is 0 Å². The van der Waals surface area contributed by atoms with Crippen molar-refractivity contribution in [3.8, 4) is 22.3 Å². The van der Waals surface area contributed by atoms with Crippen LogP contribution in [0.1, 0.15) is 90.0 Å². The number of benzene rings is 4. The average Bonchev–Trinajstić information content (AvgIpc) is 3.37. The van der Waals surface area contributed by atoms with Crippen molar-refractivity contribution >= 4 is 22.4 Å². The molecule has 4 aromatic carbocycles. The van der Waals surface area contributed by atoms with Gasteiger partial charge in [0.2, 0.25) is 0 Å². The molecule has 1 N–H and O–H groups in total. The predicted octanol–water partition coefficient (Wildman–Crippen LogP) is 18.6. The lowest BCUT2D eigenvalue weighted by Gasteiger charge is -2.33. The molecule has 1 heteroatoms. The van der Waals surface area contributed by atoms with Crippen LogP contribution in [-0.2, 0) is 0 Å². The van der Waals surface area contributed by atoms with Gasteiger partial charge in [-0.3, -0.25) is 0 Å². The molecule has 0 amide bonds. The minimum absolute atomic E-state index is 0.176. The van der Waals surface area contributed by atoms with Gasteiger partial charge in [-0.15, -0.1) is 6.58 Å². The van der Waals surface area contributed by atoms with E-state index in [0.29, 0.717) is 0 Å². The summed E-state index contributed by atoms with van der Waals surface area (Å²) in [5.74, 6) is 0. The summed E-state index contributed by atoms with van der Waals surface area (Å²) in [5.41, 5.74) is 24.7. The second kappa shape index (κ2) is 21.9. The van der Waals surface area contributed by atoms with Gasteiger partial charge in [0, 0.05) is 17.3 Å². The Morgan fingerprint density at radius 3 is 1.75 bits per heavy atom.